The molecular formula is C26H38. The van der Waals surface area contributed by atoms with Crippen LogP contribution in [-0.4, -0.2) is 0 Å². The van der Waals surface area contributed by atoms with Crippen LogP contribution in [0.1, 0.15) is 83.8 Å². The summed E-state index contributed by atoms with van der Waals surface area (Å²) >= 11 is 0. The lowest BCUT2D eigenvalue weighted by molar-refractivity contribution is 0.372. The van der Waals surface area contributed by atoms with Gasteiger partial charge in [-0.25, -0.2) is 0 Å². The van der Waals surface area contributed by atoms with E-state index in [1.54, 1.807) is 11.1 Å². The molecule has 142 valence electrons. The maximum absolute atomic E-state index is 3.00. The van der Waals surface area contributed by atoms with Crippen molar-refractivity contribution in [2.45, 2.75) is 78.1 Å². The Kier molecular flexibility index (Phi) is 9.41. The molecule has 2 aromatic carbocycles. The zero-order valence-electron chi connectivity index (χ0n) is 17.6. The summed E-state index contributed by atoms with van der Waals surface area (Å²) in [6.45, 7) is 16.6. The fourth-order valence-electron chi connectivity index (χ4n) is 4.66. The zero-order valence-corrected chi connectivity index (χ0v) is 17.6. The Hall–Kier alpha value is -1.82. The molecule has 1 unspecified atom stereocenters. The van der Waals surface area contributed by atoms with Gasteiger partial charge < -0.3 is 0 Å². The maximum Gasteiger partial charge on any atom is 0.00254 e. The summed E-state index contributed by atoms with van der Waals surface area (Å²) in [5, 5.41) is 0. The van der Waals surface area contributed by atoms with E-state index in [1.165, 1.54) is 43.2 Å². The number of benzene rings is 2. The topological polar surface area (TPSA) is 0 Å². The second-order valence-corrected chi connectivity index (χ2v) is 6.79. The van der Waals surface area contributed by atoms with Gasteiger partial charge in [-0.05, 0) is 47.4 Å². The van der Waals surface area contributed by atoms with Crippen molar-refractivity contribution in [3.63, 3.8) is 0 Å². The third-order valence-electron chi connectivity index (χ3n) is 5.50. The van der Waals surface area contributed by atoms with E-state index in [0.717, 1.165) is 5.92 Å². The molecular weight excluding hydrogens is 312 g/mol. The van der Waals surface area contributed by atoms with Crippen molar-refractivity contribution in [1.82, 2.24) is 0 Å². The van der Waals surface area contributed by atoms with E-state index in [4.69, 9.17) is 0 Å². The Balaban J connectivity index is 0.000000431. The molecule has 2 aromatic rings. The number of rotatable bonds is 1. The summed E-state index contributed by atoms with van der Waals surface area (Å²) in [7, 11) is 0. The molecule has 1 saturated carbocycles. The smallest absolute Gasteiger partial charge is 0.00254 e. The standard InChI is InChI=1S/C19H20.C3H8.C2H6.C2H4/c1-2-19-13-7-12-18(19)16-9-4-3-8-14(16)15-10-5-6-11-17(15)19;1-3-2;2*1-2/h3-6,8-11,18H,2,7,12-13H2,1H3;3H2,1-2H3;1-2H3;1-2H2/t18?,19-;;;/m0.../s1. The normalized spacial score (nSPS) is 21.2. The van der Waals surface area contributed by atoms with Crippen LogP contribution in [0.3, 0.4) is 0 Å². The van der Waals surface area contributed by atoms with Crippen molar-refractivity contribution >= 4 is 0 Å². The summed E-state index contributed by atoms with van der Waals surface area (Å²) in [4.78, 5) is 0. The van der Waals surface area contributed by atoms with Crippen molar-refractivity contribution in [1.29, 1.82) is 0 Å². The van der Waals surface area contributed by atoms with Gasteiger partial charge in [-0.2, -0.15) is 0 Å². The lowest BCUT2D eigenvalue weighted by Crippen LogP contribution is -2.32. The molecule has 0 heterocycles. The van der Waals surface area contributed by atoms with E-state index >= 15 is 0 Å². The molecule has 2 aliphatic rings. The Morgan fingerprint density at radius 2 is 1.42 bits per heavy atom. The van der Waals surface area contributed by atoms with E-state index in [-0.39, 0.29) is 0 Å². The Morgan fingerprint density at radius 1 is 0.885 bits per heavy atom. The molecule has 0 heteroatoms. The zero-order chi connectivity index (χ0) is 19.6. The number of hydrogen-bond acceptors (Lipinski definition) is 0. The second kappa shape index (κ2) is 11.0. The van der Waals surface area contributed by atoms with Gasteiger partial charge in [0.2, 0.25) is 0 Å². The molecule has 0 amide bonds. The minimum absolute atomic E-state index is 0.408. The Morgan fingerprint density at radius 3 is 2.04 bits per heavy atom. The lowest BCUT2D eigenvalue weighted by Gasteiger charge is -2.42. The minimum Gasteiger partial charge on any atom is -0.106 e. The van der Waals surface area contributed by atoms with Crippen LogP contribution in [0.25, 0.3) is 11.1 Å². The van der Waals surface area contributed by atoms with Gasteiger partial charge in [-0.1, -0.05) is 96.0 Å². The van der Waals surface area contributed by atoms with Gasteiger partial charge in [0.05, 0.1) is 0 Å². The molecule has 0 bridgehead atoms. The monoisotopic (exact) mass is 350 g/mol. The molecule has 0 spiro atoms. The average molecular weight is 351 g/mol. The predicted octanol–water partition coefficient (Wildman–Crippen LogP) is 8.53. The fourth-order valence-corrected chi connectivity index (χ4v) is 4.66. The van der Waals surface area contributed by atoms with E-state index < -0.39 is 0 Å². The van der Waals surface area contributed by atoms with E-state index in [2.05, 4.69) is 82.5 Å². The first-order chi connectivity index (χ1) is 12.8. The Labute approximate surface area is 162 Å². The molecule has 0 N–H and O–H groups in total. The molecule has 0 aromatic heterocycles. The lowest BCUT2D eigenvalue weighted by atomic mass is 9.61. The Bertz CT molecular complexity index is 655. The largest absolute Gasteiger partial charge is 0.106 e. The van der Waals surface area contributed by atoms with Crippen LogP contribution in [-0.2, 0) is 5.41 Å². The van der Waals surface area contributed by atoms with Crippen LogP contribution < -0.4 is 0 Å². The fraction of sp³-hybridized carbons (Fsp3) is 0.462. The molecule has 26 heavy (non-hydrogen) atoms. The summed E-state index contributed by atoms with van der Waals surface area (Å²) in [5.74, 6) is 0.739. The first kappa shape index (κ1) is 22.2. The average Bonchev–Trinajstić information content (AvgIpc) is 3.18. The second-order valence-electron chi connectivity index (χ2n) is 6.79. The van der Waals surface area contributed by atoms with Gasteiger partial charge in [-0.15, -0.1) is 13.2 Å². The van der Waals surface area contributed by atoms with Gasteiger partial charge in [0, 0.05) is 5.41 Å². The molecule has 0 saturated heterocycles. The number of fused-ring (bicyclic) bond motifs is 6. The minimum atomic E-state index is 0.408. The molecule has 4 rings (SSSR count). The van der Waals surface area contributed by atoms with Crippen LogP contribution in [0.2, 0.25) is 0 Å². The summed E-state index contributed by atoms with van der Waals surface area (Å²) in [5.41, 5.74) is 6.58. The molecule has 2 aliphatic carbocycles. The molecule has 0 radical (unpaired) electrons. The van der Waals surface area contributed by atoms with Crippen molar-refractivity contribution in [2.75, 3.05) is 0 Å². The van der Waals surface area contributed by atoms with Crippen molar-refractivity contribution in [2.24, 2.45) is 0 Å². The van der Waals surface area contributed by atoms with Crippen LogP contribution in [0, 0.1) is 0 Å². The van der Waals surface area contributed by atoms with Gasteiger partial charge in [-0.3, -0.25) is 0 Å². The van der Waals surface area contributed by atoms with E-state index in [9.17, 15) is 0 Å². The van der Waals surface area contributed by atoms with Crippen molar-refractivity contribution in [3.8, 4) is 11.1 Å². The van der Waals surface area contributed by atoms with Crippen molar-refractivity contribution < 1.29 is 0 Å². The highest BCUT2D eigenvalue weighted by Crippen LogP contribution is 2.59. The van der Waals surface area contributed by atoms with Crippen LogP contribution in [0.5, 0.6) is 0 Å². The highest BCUT2D eigenvalue weighted by atomic mass is 14.5. The van der Waals surface area contributed by atoms with Crippen LogP contribution >= 0.6 is 0 Å². The highest BCUT2D eigenvalue weighted by Gasteiger charge is 2.47. The molecule has 0 nitrogen and oxygen atoms in total. The summed E-state index contributed by atoms with van der Waals surface area (Å²) in [6, 6.07) is 18.2. The molecule has 0 aliphatic heterocycles. The maximum atomic E-state index is 3.00. The van der Waals surface area contributed by atoms with E-state index in [0.29, 0.717) is 5.41 Å². The highest BCUT2D eigenvalue weighted by molar-refractivity contribution is 5.76. The van der Waals surface area contributed by atoms with Gasteiger partial charge in [0.1, 0.15) is 0 Å². The summed E-state index contributed by atoms with van der Waals surface area (Å²) < 4.78 is 0. The molecule has 2 atom stereocenters. The third-order valence-corrected chi connectivity index (χ3v) is 5.50. The van der Waals surface area contributed by atoms with Gasteiger partial charge >= 0.3 is 0 Å². The quantitative estimate of drug-likeness (QED) is 0.452. The van der Waals surface area contributed by atoms with Gasteiger partial charge in [0.25, 0.3) is 0 Å². The van der Waals surface area contributed by atoms with E-state index in [1.807, 2.05) is 13.8 Å². The molecule has 1 fully saturated rings. The van der Waals surface area contributed by atoms with Crippen molar-refractivity contribution in [3.05, 3.63) is 72.8 Å². The SMILES string of the molecule is C=C.CC.CCC.CC[C@@]12CCCC1c1ccccc1-c1ccccc12. The first-order valence-corrected chi connectivity index (χ1v) is 10.5. The van der Waals surface area contributed by atoms with Gasteiger partial charge in [0.15, 0.2) is 0 Å². The third kappa shape index (κ3) is 3.95. The van der Waals surface area contributed by atoms with Crippen LogP contribution in [0.4, 0.5) is 0 Å². The predicted molar refractivity (Wildman–Crippen MR) is 119 cm³/mol. The number of hydrogen-bond donors (Lipinski definition) is 0. The summed E-state index contributed by atoms with van der Waals surface area (Å²) in [6.07, 6.45) is 6.61. The first-order valence-electron chi connectivity index (χ1n) is 10.5. The van der Waals surface area contributed by atoms with Crippen LogP contribution in [0.15, 0.2) is 61.7 Å².